The third-order valence-electron chi connectivity index (χ3n) is 4.04. The van der Waals surface area contributed by atoms with E-state index in [4.69, 9.17) is 9.47 Å². The average molecular weight is 380 g/mol. The fourth-order valence-electron chi connectivity index (χ4n) is 2.53. The van der Waals surface area contributed by atoms with Gasteiger partial charge >= 0.3 is 5.97 Å². The highest BCUT2D eigenvalue weighted by Gasteiger charge is 2.27. The number of cyclic esters (lactones) is 1. The largest absolute Gasteiger partial charge is 0.507 e. The van der Waals surface area contributed by atoms with Gasteiger partial charge in [0.25, 0.3) is 0 Å². The van der Waals surface area contributed by atoms with Gasteiger partial charge in [-0.2, -0.15) is 0 Å². The molecule has 1 aliphatic heterocycles. The number of methoxy groups -OCH3 is 1. The summed E-state index contributed by atoms with van der Waals surface area (Å²) in [6.45, 7) is 1.49. The second-order valence-electron chi connectivity index (χ2n) is 6.13. The van der Waals surface area contributed by atoms with E-state index in [0.29, 0.717) is 5.75 Å². The van der Waals surface area contributed by atoms with Crippen molar-refractivity contribution in [3.05, 3.63) is 41.2 Å². The molecule has 0 saturated heterocycles. The maximum absolute atomic E-state index is 13.9. The lowest BCUT2D eigenvalue weighted by molar-refractivity contribution is -0.130. The number of hydrogen-bond acceptors (Lipinski definition) is 7. The fourth-order valence-corrected chi connectivity index (χ4v) is 2.53. The van der Waals surface area contributed by atoms with Gasteiger partial charge in [-0.15, -0.1) is 0 Å². The monoisotopic (exact) mass is 380 g/mol. The van der Waals surface area contributed by atoms with Crippen LogP contribution in [0.4, 0.5) is 4.39 Å². The van der Waals surface area contributed by atoms with E-state index in [2.05, 4.69) is 0 Å². The highest BCUT2D eigenvalue weighted by molar-refractivity contribution is 5.98. The molecule has 0 fully saturated rings. The van der Waals surface area contributed by atoms with Crippen LogP contribution >= 0.6 is 0 Å². The molecule has 7 nitrogen and oxygen atoms in total. The number of aliphatic hydroxyl groups is 2. The fraction of sp³-hybridized carbons (Fsp3) is 0.368. The van der Waals surface area contributed by atoms with E-state index in [1.54, 1.807) is 0 Å². The summed E-state index contributed by atoms with van der Waals surface area (Å²) in [5.41, 5.74) is 0.141. The van der Waals surface area contributed by atoms with E-state index in [0.717, 1.165) is 6.08 Å². The number of aromatic hydroxyl groups is 1. The average Bonchev–Trinajstić information content (AvgIpc) is 2.63. The van der Waals surface area contributed by atoms with Crippen LogP contribution in [0.5, 0.6) is 11.5 Å². The van der Waals surface area contributed by atoms with Gasteiger partial charge in [-0.3, -0.25) is 4.79 Å². The predicted octanol–water partition coefficient (Wildman–Crippen LogP) is 1.90. The zero-order valence-electron chi connectivity index (χ0n) is 14.9. The molecule has 1 aromatic carbocycles. The highest BCUT2D eigenvalue weighted by Crippen LogP contribution is 2.30. The van der Waals surface area contributed by atoms with Crippen molar-refractivity contribution in [1.29, 1.82) is 0 Å². The van der Waals surface area contributed by atoms with E-state index < -0.39 is 35.9 Å². The summed E-state index contributed by atoms with van der Waals surface area (Å²) in [5.74, 6) is -3.38. The molecule has 8 heteroatoms. The number of carbonyl (C=O) groups excluding carboxylic acids is 2. The number of halogens is 1. The van der Waals surface area contributed by atoms with Crippen molar-refractivity contribution in [2.75, 3.05) is 7.11 Å². The normalized spacial score (nSPS) is 27.6. The van der Waals surface area contributed by atoms with Crippen molar-refractivity contribution in [2.24, 2.45) is 0 Å². The van der Waals surface area contributed by atoms with E-state index in [-0.39, 0.29) is 29.7 Å². The molecule has 0 unspecified atom stereocenters. The van der Waals surface area contributed by atoms with Crippen LogP contribution in [-0.4, -0.2) is 52.5 Å². The number of phenols is 1. The van der Waals surface area contributed by atoms with Crippen LogP contribution in [0.3, 0.4) is 0 Å². The molecule has 2 rings (SSSR count). The Hall–Kier alpha value is -2.71. The lowest BCUT2D eigenvalue weighted by Gasteiger charge is -2.17. The minimum atomic E-state index is -1.93. The van der Waals surface area contributed by atoms with Gasteiger partial charge in [-0.1, -0.05) is 12.2 Å². The Labute approximate surface area is 155 Å². The summed E-state index contributed by atoms with van der Waals surface area (Å²) in [5, 5.41) is 29.9. The zero-order chi connectivity index (χ0) is 20.1. The first-order valence-corrected chi connectivity index (χ1v) is 8.29. The first-order valence-electron chi connectivity index (χ1n) is 8.29. The third kappa shape index (κ3) is 4.93. The number of Topliss-reactive ketones (excluding diaryl/α,β-unsaturated/α-hetero) is 1. The number of fused-ring (bicyclic) bond motifs is 1. The molecule has 0 aliphatic carbocycles. The Morgan fingerprint density at radius 1 is 1.22 bits per heavy atom. The maximum Gasteiger partial charge on any atom is 0.342 e. The Morgan fingerprint density at radius 3 is 2.59 bits per heavy atom. The second-order valence-corrected chi connectivity index (χ2v) is 6.13. The molecular formula is C19H21FO7. The molecule has 27 heavy (non-hydrogen) atoms. The SMILES string of the molecule is COc1cc(O)c2c(c1)/C=C/C[C@H](O)[C@H](O)C(=O)/C(F)=C\C[C@H](C)OC2=O. The molecule has 0 amide bonds. The highest BCUT2D eigenvalue weighted by atomic mass is 19.1. The van der Waals surface area contributed by atoms with E-state index >= 15 is 0 Å². The quantitative estimate of drug-likeness (QED) is 0.638. The predicted molar refractivity (Wildman–Crippen MR) is 94.0 cm³/mol. The summed E-state index contributed by atoms with van der Waals surface area (Å²) >= 11 is 0. The third-order valence-corrected chi connectivity index (χ3v) is 4.04. The van der Waals surface area contributed by atoms with Crippen LogP contribution in [0.1, 0.15) is 35.7 Å². The van der Waals surface area contributed by atoms with Gasteiger partial charge < -0.3 is 24.8 Å². The number of carbonyl (C=O) groups is 2. The summed E-state index contributed by atoms with van der Waals surface area (Å²) in [6.07, 6.45) is -0.929. The van der Waals surface area contributed by atoms with Crippen molar-refractivity contribution in [3.8, 4) is 11.5 Å². The van der Waals surface area contributed by atoms with Crippen molar-refractivity contribution in [1.82, 2.24) is 0 Å². The zero-order valence-corrected chi connectivity index (χ0v) is 14.9. The summed E-state index contributed by atoms with van der Waals surface area (Å²) in [4.78, 5) is 24.2. The molecular weight excluding hydrogens is 359 g/mol. The van der Waals surface area contributed by atoms with Gasteiger partial charge in [0.05, 0.1) is 13.2 Å². The van der Waals surface area contributed by atoms with Crippen molar-refractivity contribution >= 4 is 17.8 Å². The minimum absolute atomic E-state index is 0.119. The number of ether oxygens (including phenoxy) is 2. The Bertz CT molecular complexity index is 785. The first-order chi connectivity index (χ1) is 12.7. The first kappa shape index (κ1) is 20.6. The number of benzene rings is 1. The van der Waals surface area contributed by atoms with Gasteiger partial charge in [0.15, 0.2) is 5.83 Å². The number of phenolic OH excluding ortho intramolecular Hbond substituents is 1. The smallest absolute Gasteiger partial charge is 0.342 e. The molecule has 1 aliphatic rings. The maximum atomic E-state index is 13.9. The molecule has 0 saturated carbocycles. The molecule has 0 radical (unpaired) electrons. The minimum Gasteiger partial charge on any atom is -0.507 e. The van der Waals surface area contributed by atoms with Crippen molar-refractivity contribution in [2.45, 2.75) is 38.1 Å². The summed E-state index contributed by atoms with van der Waals surface area (Å²) in [6, 6.07) is 2.73. The van der Waals surface area contributed by atoms with Gasteiger partial charge in [0.2, 0.25) is 5.78 Å². The van der Waals surface area contributed by atoms with E-state index in [1.807, 2.05) is 0 Å². The van der Waals surface area contributed by atoms with Crippen LogP contribution in [0.2, 0.25) is 0 Å². The number of rotatable bonds is 1. The van der Waals surface area contributed by atoms with E-state index in [1.165, 1.54) is 38.3 Å². The van der Waals surface area contributed by atoms with Crippen LogP contribution in [0.25, 0.3) is 6.08 Å². The van der Waals surface area contributed by atoms with Gasteiger partial charge in [-0.05, 0) is 31.1 Å². The second kappa shape index (κ2) is 8.79. The summed E-state index contributed by atoms with van der Waals surface area (Å²) < 4.78 is 24.1. The molecule has 146 valence electrons. The number of aliphatic hydroxyl groups excluding tert-OH is 2. The Balaban J connectivity index is 2.48. The molecule has 3 atom stereocenters. The van der Waals surface area contributed by atoms with Crippen LogP contribution in [0, 0.1) is 0 Å². The lowest BCUT2D eigenvalue weighted by atomic mass is 10.0. The summed E-state index contributed by atoms with van der Waals surface area (Å²) in [7, 11) is 1.39. The Morgan fingerprint density at radius 2 is 1.93 bits per heavy atom. The molecule has 1 heterocycles. The molecule has 0 spiro atoms. The van der Waals surface area contributed by atoms with Gasteiger partial charge in [0, 0.05) is 12.5 Å². The molecule has 3 N–H and O–H groups in total. The van der Waals surface area contributed by atoms with Crippen molar-refractivity contribution < 1.29 is 38.8 Å². The number of hydrogen-bond donors (Lipinski definition) is 3. The van der Waals surface area contributed by atoms with Gasteiger partial charge in [-0.25, -0.2) is 9.18 Å². The molecule has 0 bridgehead atoms. The van der Waals surface area contributed by atoms with E-state index in [9.17, 15) is 29.3 Å². The lowest BCUT2D eigenvalue weighted by Crippen LogP contribution is -2.34. The number of esters is 1. The van der Waals surface area contributed by atoms with Crippen LogP contribution in [0.15, 0.2) is 30.1 Å². The molecule has 0 aromatic heterocycles. The Kier molecular flexibility index (Phi) is 6.70. The number of ketones is 1. The topological polar surface area (TPSA) is 113 Å². The molecule has 1 aromatic rings. The van der Waals surface area contributed by atoms with Gasteiger partial charge in [0.1, 0.15) is 29.3 Å². The van der Waals surface area contributed by atoms with Crippen molar-refractivity contribution in [3.63, 3.8) is 0 Å². The van der Waals surface area contributed by atoms with Crippen LogP contribution < -0.4 is 4.74 Å². The van der Waals surface area contributed by atoms with Crippen LogP contribution in [-0.2, 0) is 9.53 Å². The standard InChI is InChI=1S/C19H21FO7/c1-10-6-7-13(20)17(23)18(24)14(21)5-3-4-11-8-12(26-2)9-15(22)16(11)19(25)27-10/h3-4,7-10,14,18,21-22,24H,5-6H2,1-2H3/b4-3+,13-7+/t10-,14-,18-/m0/s1.